The first-order valence-electron chi connectivity index (χ1n) is 13.0. The Kier molecular flexibility index (Phi) is 9.79. The van der Waals surface area contributed by atoms with E-state index in [1.807, 2.05) is 54.6 Å². The molecule has 204 valence electrons. The number of carboxylic acids is 1. The first-order valence-corrected chi connectivity index (χ1v) is 13.0. The highest BCUT2D eigenvalue weighted by atomic mass is 16.4. The van der Waals surface area contributed by atoms with Crippen molar-refractivity contribution in [2.45, 2.75) is 56.0 Å². The van der Waals surface area contributed by atoms with E-state index in [9.17, 15) is 24.6 Å². The smallest absolute Gasteiger partial charge is 0.332 e. The molecule has 11 heteroatoms. The number of amides is 2. The number of aliphatic carboxylic acids is 1. The van der Waals surface area contributed by atoms with Crippen molar-refractivity contribution in [2.24, 2.45) is 0 Å². The summed E-state index contributed by atoms with van der Waals surface area (Å²) < 4.78 is 0. The fraction of sp³-hybridized carbons (Fsp3) is 0.444. The molecule has 2 heterocycles. The van der Waals surface area contributed by atoms with Gasteiger partial charge in [0, 0.05) is 38.3 Å². The maximum absolute atomic E-state index is 13.0. The molecule has 2 saturated heterocycles. The average Bonchev–Trinajstić information content (AvgIpc) is 3.62. The molecule has 0 aliphatic carbocycles. The Labute approximate surface area is 221 Å². The van der Waals surface area contributed by atoms with Crippen LogP contribution in [0.3, 0.4) is 0 Å². The molecule has 0 radical (unpaired) electrons. The Morgan fingerprint density at radius 3 is 2.29 bits per heavy atom. The van der Waals surface area contributed by atoms with Crippen molar-refractivity contribution in [3.8, 4) is 11.1 Å². The zero-order chi connectivity index (χ0) is 26.9. The van der Waals surface area contributed by atoms with Gasteiger partial charge in [0.05, 0.1) is 0 Å². The molecular weight excluding hydrogens is 488 g/mol. The number of carbonyl (C=O) groups is 3. The van der Waals surface area contributed by atoms with Gasteiger partial charge in [-0.05, 0) is 36.0 Å². The number of hydrogen-bond acceptors (Lipinski definition) is 8. The number of rotatable bonds is 12. The molecule has 0 spiro atoms. The number of carbonyl (C=O) groups excluding carboxylic acids is 2. The van der Waals surface area contributed by atoms with Gasteiger partial charge in [0.25, 0.3) is 0 Å². The van der Waals surface area contributed by atoms with Gasteiger partial charge in [-0.25, -0.2) is 15.6 Å². The number of benzene rings is 2. The van der Waals surface area contributed by atoms with E-state index in [0.717, 1.165) is 36.3 Å². The van der Waals surface area contributed by atoms with Gasteiger partial charge in [-0.2, -0.15) is 0 Å². The normalized spacial score (nSPS) is 22.5. The minimum absolute atomic E-state index is 0.143. The highest BCUT2D eigenvalue weighted by molar-refractivity contribution is 5.87. The molecule has 2 amide bonds. The zero-order valence-corrected chi connectivity index (χ0v) is 21.2. The number of aliphatic hydroxyl groups excluding tert-OH is 1. The topological polar surface area (TPSA) is 164 Å². The predicted molar refractivity (Wildman–Crippen MR) is 142 cm³/mol. The summed E-state index contributed by atoms with van der Waals surface area (Å²) in [4.78, 5) is 36.8. The second-order valence-corrected chi connectivity index (χ2v) is 9.80. The van der Waals surface area contributed by atoms with Gasteiger partial charge in [0.2, 0.25) is 11.8 Å². The third-order valence-corrected chi connectivity index (χ3v) is 6.92. The molecule has 8 N–H and O–H groups in total. The molecule has 0 bridgehead atoms. The molecule has 0 aromatic heterocycles. The molecule has 2 aromatic carbocycles. The third kappa shape index (κ3) is 7.83. The first-order chi connectivity index (χ1) is 18.4. The van der Waals surface area contributed by atoms with Crippen LogP contribution in [-0.4, -0.2) is 78.0 Å². The highest BCUT2D eigenvalue weighted by Gasteiger charge is 2.34. The lowest BCUT2D eigenvalue weighted by atomic mass is 9.97. The number of nitrogens with one attached hydrogen (secondary N) is 6. The van der Waals surface area contributed by atoms with Gasteiger partial charge < -0.3 is 31.5 Å². The second-order valence-electron chi connectivity index (χ2n) is 9.80. The SMILES string of the molecule is O=C(NCCC1CNCN1)C1CC(C(=O)N[C@H](Cc2ccc(-c3ccccc3)cc2)C[C@@H](O)C(=O)O)NN1. The molecule has 5 atom stereocenters. The Morgan fingerprint density at radius 2 is 1.63 bits per heavy atom. The largest absolute Gasteiger partial charge is 0.479 e. The van der Waals surface area contributed by atoms with Crippen molar-refractivity contribution >= 4 is 17.8 Å². The van der Waals surface area contributed by atoms with Crippen molar-refractivity contribution < 1.29 is 24.6 Å². The fourth-order valence-electron chi connectivity index (χ4n) is 4.75. The molecule has 2 aliphatic heterocycles. The molecule has 0 saturated carbocycles. The number of aliphatic hydroxyl groups is 1. The minimum Gasteiger partial charge on any atom is -0.479 e. The summed E-state index contributed by atoms with van der Waals surface area (Å²) in [6, 6.07) is 16.2. The third-order valence-electron chi connectivity index (χ3n) is 6.92. The summed E-state index contributed by atoms with van der Waals surface area (Å²) in [7, 11) is 0. The summed E-state index contributed by atoms with van der Waals surface area (Å²) in [5.41, 5.74) is 8.76. The highest BCUT2D eigenvalue weighted by Crippen LogP contribution is 2.20. The van der Waals surface area contributed by atoms with E-state index in [4.69, 9.17) is 0 Å². The number of hydrogen-bond donors (Lipinski definition) is 8. The number of carboxylic acid groups (broad SMARTS) is 1. The van der Waals surface area contributed by atoms with E-state index < -0.39 is 30.2 Å². The van der Waals surface area contributed by atoms with Crippen LogP contribution in [0.5, 0.6) is 0 Å². The van der Waals surface area contributed by atoms with Gasteiger partial charge in [0.15, 0.2) is 6.10 Å². The molecule has 11 nitrogen and oxygen atoms in total. The van der Waals surface area contributed by atoms with Crippen LogP contribution in [-0.2, 0) is 20.8 Å². The van der Waals surface area contributed by atoms with Crippen LogP contribution in [0.4, 0.5) is 0 Å². The molecule has 2 aliphatic rings. The molecule has 3 unspecified atom stereocenters. The quantitative estimate of drug-likeness (QED) is 0.182. The van der Waals surface area contributed by atoms with Crippen LogP contribution < -0.4 is 32.1 Å². The van der Waals surface area contributed by atoms with Gasteiger partial charge in [0.1, 0.15) is 12.1 Å². The second kappa shape index (κ2) is 13.4. The Balaban J connectivity index is 1.31. The van der Waals surface area contributed by atoms with Crippen LogP contribution in [0.2, 0.25) is 0 Å². The van der Waals surface area contributed by atoms with E-state index in [2.05, 4.69) is 32.1 Å². The van der Waals surface area contributed by atoms with Crippen LogP contribution >= 0.6 is 0 Å². The molecule has 38 heavy (non-hydrogen) atoms. The summed E-state index contributed by atoms with van der Waals surface area (Å²) in [5.74, 6) is -1.89. The summed E-state index contributed by atoms with van der Waals surface area (Å²) in [6.45, 7) is 2.18. The standard InChI is InChI=1S/C27H36N6O5/c34-24(27(37)38)13-21(12-17-6-8-19(9-7-17)18-4-2-1-3-5-18)31-26(36)23-14-22(32-33-23)25(35)29-11-10-20-15-28-16-30-20/h1-9,20-24,28,30,32-34H,10-16H2,(H,29,35)(H,31,36)(H,37,38)/t20?,21-,22?,23?,24-/m1/s1. The van der Waals surface area contributed by atoms with Crippen LogP contribution in [0, 0.1) is 0 Å². The van der Waals surface area contributed by atoms with Gasteiger partial charge >= 0.3 is 5.97 Å². The van der Waals surface area contributed by atoms with Crippen LogP contribution in [0.25, 0.3) is 11.1 Å². The van der Waals surface area contributed by atoms with Crippen molar-refractivity contribution in [2.75, 3.05) is 19.8 Å². The lowest BCUT2D eigenvalue weighted by Gasteiger charge is -2.22. The van der Waals surface area contributed by atoms with E-state index in [-0.39, 0.29) is 24.7 Å². The van der Waals surface area contributed by atoms with E-state index in [1.165, 1.54) is 0 Å². The van der Waals surface area contributed by atoms with E-state index in [1.54, 1.807) is 0 Å². The number of hydrazine groups is 1. The maximum Gasteiger partial charge on any atom is 0.332 e. The molecule has 2 aromatic rings. The summed E-state index contributed by atoms with van der Waals surface area (Å²) in [5, 5.41) is 31.4. The Bertz CT molecular complexity index is 1080. The molecule has 4 rings (SSSR count). The molecular formula is C27H36N6O5. The van der Waals surface area contributed by atoms with Gasteiger partial charge in [-0.15, -0.1) is 0 Å². The van der Waals surface area contributed by atoms with Crippen LogP contribution in [0.1, 0.15) is 24.8 Å². The van der Waals surface area contributed by atoms with E-state index in [0.29, 0.717) is 19.0 Å². The van der Waals surface area contributed by atoms with Crippen molar-refractivity contribution in [3.05, 3.63) is 60.2 Å². The monoisotopic (exact) mass is 524 g/mol. The van der Waals surface area contributed by atoms with Crippen molar-refractivity contribution in [3.63, 3.8) is 0 Å². The summed E-state index contributed by atoms with van der Waals surface area (Å²) >= 11 is 0. The lowest BCUT2D eigenvalue weighted by Crippen LogP contribution is -2.49. The first kappa shape index (κ1) is 27.7. The molecule has 2 fully saturated rings. The van der Waals surface area contributed by atoms with Crippen LogP contribution in [0.15, 0.2) is 54.6 Å². The average molecular weight is 525 g/mol. The lowest BCUT2D eigenvalue weighted by molar-refractivity contribution is -0.147. The fourth-order valence-corrected chi connectivity index (χ4v) is 4.75. The van der Waals surface area contributed by atoms with Gasteiger partial charge in [-0.1, -0.05) is 54.6 Å². The maximum atomic E-state index is 13.0. The van der Waals surface area contributed by atoms with Crippen molar-refractivity contribution in [1.29, 1.82) is 0 Å². The minimum atomic E-state index is -1.61. The summed E-state index contributed by atoms with van der Waals surface area (Å²) in [6.07, 6.45) is -0.347. The van der Waals surface area contributed by atoms with Crippen molar-refractivity contribution in [1.82, 2.24) is 32.1 Å². The Hall–Kier alpha value is -3.35. The van der Waals surface area contributed by atoms with E-state index >= 15 is 0 Å². The Morgan fingerprint density at radius 1 is 0.947 bits per heavy atom. The zero-order valence-electron chi connectivity index (χ0n) is 21.2. The van der Waals surface area contributed by atoms with Gasteiger partial charge in [-0.3, -0.25) is 9.59 Å². The predicted octanol–water partition coefficient (Wildman–Crippen LogP) is -0.523.